The minimum absolute atomic E-state index is 0.0375. The van der Waals surface area contributed by atoms with Gasteiger partial charge in [-0.2, -0.15) is 0 Å². The molecular weight excluding hydrogens is 416 g/mol. The number of aliphatic carboxylic acids is 1. The van der Waals surface area contributed by atoms with E-state index in [2.05, 4.69) is 0 Å². The number of aromatic nitrogens is 1. The van der Waals surface area contributed by atoms with Gasteiger partial charge in [-0.1, -0.05) is 24.9 Å². The van der Waals surface area contributed by atoms with Gasteiger partial charge < -0.3 is 10.2 Å². The molecule has 1 aromatic heterocycles. The van der Waals surface area contributed by atoms with Crippen LogP contribution in [0.1, 0.15) is 48.3 Å². The van der Waals surface area contributed by atoms with Crippen LogP contribution in [0, 0.1) is 18.6 Å². The van der Waals surface area contributed by atoms with E-state index >= 15 is 0 Å². The molecule has 0 saturated heterocycles. The van der Waals surface area contributed by atoms with Gasteiger partial charge in [0.15, 0.2) is 11.6 Å². The molecule has 2 aromatic carbocycles. The van der Waals surface area contributed by atoms with Crippen LogP contribution in [-0.2, 0) is 10.2 Å². The SMILES string of the molecule is CCC[C@@](C)(C(=O)O)c1c(C)n(C(=O)c2ccc(Cl)c(F)c2)c2cc(F)c(O)cc12. The van der Waals surface area contributed by atoms with Gasteiger partial charge in [-0.3, -0.25) is 14.2 Å². The predicted molar refractivity (Wildman–Crippen MR) is 109 cm³/mol. The molecular formula is C22H20ClF2NO4. The van der Waals surface area contributed by atoms with Crippen molar-refractivity contribution in [3.63, 3.8) is 0 Å². The monoisotopic (exact) mass is 435 g/mol. The zero-order valence-corrected chi connectivity index (χ0v) is 17.3. The summed E-state index contributed by atoms with van der Waals surface area (Å²) in [4.78, 5) is 25.4. The number of phenolic OH excluding ortho intramolecular Hbond substituents is 1. The molecule has 0 aliphatic heterocycles. The summed E-state index contributed by atoms with van der Waals surface area (Å²) in [6.45, 7) is 4.90. The third kappa shape index (κ3) is 3.33. The maximum atomic E-state index is 14.2. The van der Waals surface area contributed by atoms with Crippen LogP contribution < -0.4 is 0 Å². The summed E-state index contributed by atoms with van der Waals surface area (Å²) in [6, 6.07) is 5.62. The fourth-order valence-corrected chi connectivity index (χ4v) is 4.10. The number of phenols is 1. The van der Waals surface area contributed by atoms with Gasteiger partial charge in [0.05, 0.1) is 16.0 Å². The average molecular weight is 436 g/mol. The smallest absolute Gasteiger partial charge is 0.313 e. The number of carbonyl (C=O) groups excluding carboxylic acids is 1. The first-order chi connectivity index (χ1) is 14.0. The van der Waals surface area contributed by atoms with Crippen LogP contribution >= 0.6 is 11.6 Å². The van der Waals surface area contributed by atoms with Crippen molar-refractivity contribution in [3.05, 3.63) is 63.8 Å². The summed E-state index contributed by atoms with van der Waals surface area (Å²) in [5, 5.41) is 20.0. The summed E-state index contributed by atoms with van der Waals surface area (Å²) in [5.74, 6) is -4.19. The Kier molecular flexibility index (Phi) is 5.60. The van der Waals surface area contributed by atoms with Crippen LogP contribution in [0.15, 0.2) is 30.3 Å². The first-order valence-corrected chi connectivity index (χ1v) is 9.67. The number of aromatic hydroxyl groups is 1. The van der Waals surface area contributed by atoms with Gasteiger partial charge in [-0.25, -0.2) is 8.78 Å². The van der Waals surface area contributed by atoms with E-state index in [1.54, 1.807) is 6.92 Å². The van der Waals surface area contributed by atoms with Crippen molar-refractivity contribution in [1.82, 2.24) is 4.57 Å². The Hall–Kier alpha value is -2.93. The van der Waals surface area contributed by atoms with E-state index in [9.17, 15) is 28.6 Å². The molecule has 0 unspecified atom stereocenters. The highest BCUT2D eigenvalue weighted by molar-refractivity contribution is 6.30. The fourth-order valence-electron chi connectivity index (χ4n) is 3.98. The lowest BCUT2D eigenvalue weighted by atomic mass is 9.77. The van der Waals surface area contributed by atoms with Crippen molar-refractivity contribution in [2.24, 2.45) is 0 Å². The topological polar surface area (TPSA) is 79.5 Å². The maximum Gasteiger partial charge on any atom is 0.313 e. The van der Waals surface area contributed by atoms with Crippen LogP contribution in [0.3, 0.4) is 0 Å². The lowest BCUT2D eigenvalue weighted by Gasteiger charge is -2.25. The first kappa shape index (κ1) is 21.8. The number of carboxylic acids is 1. The Bertz CT molecular complexity index is 1190. The zero-order valence-electron chi connectivity index (χ0n) is 16.6. The summed E-state index contributed by atoms with van der Waals surface area (Å²) in [6.07, 6.45) is 0.794. The van der Waals surface area contributed by atoms with Gasteiger partial charge in [0, 0.05) is 22.7 Å². The quantitative estimate of drug-likeness (QED) is 0.561. The van der Waals surface area contributed by atoms with E-state index in [0.717, 1.165) is 22.8 Å². The molecule has 0 amide bonds. The molecule has 2 N–H and O–H groups in total. The van der Waals surface area contributed by atoms with Gasteiger partial charge in [-0.05, 0) is 50.1 Å². The van der Waals surface area contributed by atoms with E-state index < -0.39 is 34.7 Å². The molecule has 30 heavy (non-hydrogen) atoms. The standard InChI is InChI=1S/C22H20ClF2NO4/c1-4-7-22(3,21(29)30)19-11(2)26(17-10-16(25)18(27)9-13(17)19)20(28)12-5-6-14(23)15(24)8-12/h5-6,8-10,27H,4,7H2,1-3H3,(H,29,30)/t22-/m1/s1. The Morgan fingerprint density at radius 3 is 2.40 bits per heavy atom. The number of nitrogens with zero attached hydrogens (tertiary/aromatic N) is 1. The number of carbonyl (C=O) groups is 2. The first-order valence-electron chi connectivity index (χ1n) is 9.30. The number of benzene rings is 2. The van der Waals surface area contributed by atoms with Crippen molar-refractivity contribution in [1.29, 1.82) is 0 Å². The second-order valence-electron chi connectivity index (χ2n) is 7.44. The van der Waals surface area contributed by atoms with Gasteiger partial charge in [0.2, 0.25) is 0 Å². The highest BCUT2D eigenvalue weighted by Crippen LogP contribution is 2.41. The molecule has 5 nitrogen and oxygen atoms in total. The number of hydrogen-bond donors (Lipinski definition) is 2. The maximum absolute atomic E-state index is 14.2. The number of fused-ring (bicyclic) bond motifs is 1. The minimum atomic E-state index is -1.39. The molecule has 3 rings (SSSR count). The molecule has 0 spiro atoms. The predicted octanol–water partition coefficient (Wildman–Crippen LogP) is 5.42. The van der Waals surface area contributed by atoms with Gasteiger partial charge in [0.1, 0.15) is 5.82 Å². The lowest BCUT2D eigenvalue weighted by Crippen LogP contribution is -2.33. The van der Waals surface area contributed by atoms with Crippen LogP contribution in [0.25, 0.3) is 10.9 Å². The van der Waals surface area contributed by atoms with Crippen LogP contribution in [0.5, 0.6) is 5.75 Å². The molecule has 0 bridgehead atoms. The Labute approximate surface area is 176 Å². The molecule has 0 saturated carbocycles. The molecule has 0 aliphatic carbocycles. The van der Waals surface area contributed by atoms with Crippen LogP contribution in [0.4, 0.5) is 8.78 Å². The summed E-state index contributed by atoms with van der Waals surface area (Å²) >= 11 is 5.69. The molecule has 158 valence electrons. The van der Waals surface area contributed by atoms with E-state index in [-0.39, 0.29) is 33.6 Å². The van der Waals surface area contributed by atoms with Gasteiger partial charge in [0.25, 0.3) is 5.91 Å². The van der Waals surface area contributed by atoms with Crippen molar-refractivity contribution in [2.45, 2.75) is 39.0 Å². The third-order valence-electron chi connectivity index (χ3n) is 5.42. The van der Waals surface area contributed by atoms with Crippen molar-refractivity contribution in [3.8, 4) is 5.75 Å². The molecule has 1 heterocycles. The number of halogens is 3. The zero-order chi connectivity index (χ0) is 22.4. The number of rotatable bonds is 5. The van der Waals surface area contributed by atoms with E-state index in [4.69, 9.17) is 11.6 Å². The molecule has 3 aromatic rings. The van der Waals surface area contributed by atoms with E-state index in [1.165, 1.54) is 19.1 Å². The molecule has 0 radical (unpaired) electrons. The summed E-state index contributed by atoms with van der Waals surface area (Å²) in [5.41, 5.74) is -0.775. The summed E-state index contributed by atoms with van der Waals surface area (Å²) < 4.78 is 29.3. The van der Waals surface area contributed by atoms with Crippen molar-refractivity contribution >= 4 is 34.4 Å². The molecule has 0 fully saturated rings. The Morgan fingerprint density at radius 1 is 1.17 bits per heavy atom. The molecule has 1 atom stereocenters. The van der Waals surface area contributed by atoms with Crippen LogP contribution in [-0.4, -0.2) is 26.7 Å². The Morgan fingerprint density at radius 2 is 1.83 bits per heavy atom. The Balaban J connectivity index is 2.39. The second kappa shape index (κ2) is 7.72. The normalized spacial score (nSPS) is 13.4. The lowest BCUT2D eigenvalue weighted by molar-refractivity contribution is -0.143. The average Bonchev–Trinajstić information content (AvgIpc) is 2.95. The van der Waals surface area contributed by atoms with E-state index in [0.29, 0.717) is 12.0 Å². The van der Waals surface area contributed by atoms with Crippen molar-refractivity contribution < 1.29 is 28.6 Å². The minimum Gasteiger partial charge on any atom is -0.505 e. The number of carboxylic acid groups (broad SMARTS) is 1. The highest BCUT2D eigenvalue weighted by atomic mass is 35.5. The van der Waals surface area contributed by atoms with E-state index in [1.807, 2.05) is 6.92 Å². The molecule has 8 heteroatoms. The highest BCUT2D eigenvalue weighted by Gasteiger charge is 2.40. The van der Waals surface area contributed by atoms with Crippen LogP contribution in [0.2, 0.25) is 5.02 Å². The third-order valence-corrected chi connectivity index (χ3v) is 5.72. The van der Waals surface area contributed by atoms with Gasteiger partial charge >= 0.3 is 5.97 Å². The second-order valence-corrected chi connectivity index (χ2v) is 7.85. The molecule has 0 aliphatic rings. The fraction of sp³-hybridized carbons (Fsp3) is 0.273. The van der Waals surface area contributed by atoms with Gasteiger partial charge in [-0.15, -0.1) is 0 Å². The largest absolute Gasteiger partial charge is 0.505 e. The number of hydrogen-bond acceptors (Lipinski definition) is 3. The van der Waals surface area contributed by atoms with Crippen molar-refractivity contribution in [2.75, 3.05) is 0 Å². The summed E-state index contributed by atoms with van der Waals surface area (Å²) in [7, 11) is 0.